The van der Waals surface area contributed by atoms with Gasteiger partial charge in [-0.2, -0.15) is 0 Å². The quantitative estimate of drug-likeness (QED) is 0.803. The van der Waals surface area contributed by atoms with Gasteiger partial charge in [0.15, 0.2) is 5.76 Å². The Kier molecular flexibility index (Phi) is 4.60. The van der Waals surface area contributed by atoms with Crippen molar-refractivity contribution in [2.45, 2.75) is 18.9 Å². The van der Waals surface area contributed by atoms with E-state index in [4.69, 9.17) is 21.1 Å². The molecule has 1 aliphatic heterocycles. The molecule has 0 aromatic carbocycles. The number of hydrogen-bond acceptors (Lipinski definition) is 4. The van der Waals surface area contributed by atoms with Gasteiger partial charge < -0.3 is 14.0 Å². The topological polar surface area (TPSA) is 70.6 Å². The van der Waals surface area contributed by atoms with Gasteiger partial charge in [0.2, 0.25) is 0 Å². The fourth-order valence-corrected chi connectivity index (χ4v) is 2.48. The predicted octanol–water partition coefficient (Wildman–Crippen LogP) is 1.94. The van der Waals surface area contributed by atoms with Crippen LogP contribution in [-0.4, -0.2) is 14.8 Å². The lowest BCUT2D eigenvalue weighted by Crippen LogP contribution is -2.36. The lowest BCUT2D eigenvalue weighted by atomic mass is 9.97. The number of halogens is 1. The molecule has 0 fully saturated rings. The van der Waals surface area contributed by atoms with Gasteiger partial charge in [0.05, 0.1) is 0 Å². The second-order valence-corrected chi connectivity index (χ2v) is 4.76. The van der Waals surface area contributed by atoms with Crippen LogP contribution in [0.25, 0.3) is 0 Å². The molecule has 0 radical (unpaired) electrons. The maximum Gasteiger partial charge on any atom is 0.160 e. The van der Waals surface area contributed by atoms with Crippen LogP contribution < -0.4 is 4.72 Å². The molecule has 0 saturated carbocycles. The third kappa shape index (κ3) is 3.23. The van der Waals surface area contributed by atoms with Crippen LogP contribution in [-0.2, 0) is 20.7 Å². The van der Waals surface area contributed by atoms with Gasteiger partial charge in [0, 0.05) is 16.3 Å². The first-order chi connectivity index (χ1) is 8.68. The molecule has 2 aliphatic rings. The molecule has 1 N–H and O–H groups in total. The minimum absolute atomic E-state index is 0.352. The van der Waals surface area contributed by atoms with E-state index in [1.54, 1.807) is 6.08 Å². The van der Waals surface area contributed by atoms with Crippen molar-refractivity contribution in [3.63, 3.8) is 0 Å². The van der Waals surface area contributed by atoms with Gasteiger partial charge in [-0.15, -0.1) is 0 Å². The van der Waals surface area contributed by atoms with E-state index in [1.807, 2.05) is 6.08 Å². The van der Waals surface area contributed by atoms with Crippen molar-refractivity contribution in [2.24, 2.45) is 0 Å². The summed E-state index contributed by atoms with van der Waals surface area (Å²) in [4.78, 5) is 0. The predicted molar refractivity (Wildman–Crippen MR) is 66.5 cm³/mol. The molecule has 2 atom stereocenters. The summed E-state index contributed by atoms with van der Waals surface area (Å²) in [5, 5.41) is 0.517. The van der Waals surface area contributed by atoms with Crippen LogP contribution in [0.3, 0.4) is 0 Å². The van der Waals surface area contributed by atoms with Crippen molar-refractivity contribution in [3.05, 3.63) is 47.3 Å². The minimum atomic E-state index is -2.43. The Morgan fingerprint density at radius 2 is 2.33 bits per heavy atom. The lowest BCUT2D eigenvalue weighted by Gasteiger charge is -2.26. The molecule has 2 unspecified atom stereocenters. The summed E-state index contributed by atoms with van der Waals surface area (Å²) in [7, 11) is 0. The van der Waals surface area contributed by atoms with Crippen molar-refractivity contribution in [3.8, 4) is 0 Å². The van der Waals surface area contributed by atoms with Gasteiger partial charge in [-0.1, -0.05) is 17.7 Å². The maximum atomic E-state index is 10.9. The minimum Gasteiger partial charge on any atom is -0.760 e. The normalized spacial score (nSPS) is 22.0. The summed E-state index contributed by atoms with van der Waals surface area (Å²) in [6, 6.07) is -0.647. The molecule has 0 bridgehead atoms. The van der Waals surface area contributed by atoms with Crippen molar-refractivity contribution in [2.75, 3.05) is 0 Å². The molecule has 0 saturated heterocycles. The molecule has 0 amide bonds. The molecular formula is C11H11ClNO4S-. The number of ether oxygens (including phenoxy) is 2. The number of hydrogen-bond donors (Lipinski definition) is 1. The van der Waals surface area contributed by atoms with E-state index in [0.717, 1.165) is 12.0 Å². The smallest absolute Gasteiger partial charge is 0.160 e. The van der Waals surface area contributed by atoms with Crippen LogP contribution in [0.5, 0.6) is 0 Å². The molecule has 0 aromatic rings. The first kappa shape index (κ1) is 13.4. The zero-order valence-corrected chi connectivity index (χ0v) is 10.9. The Labute approximate surface area is 112 Å². The standard InChI is InChI=1S/C11H12ClNO4S/c12-9-4-2-1-3-8(9)11(13-18(14)15)10-7-16-5-6-17-10/h2,4-7,11,13H,1,3H2,(H,14,15)/p-1. The summed E-state index contributed by atoms with van der Waals surface area (Å²) in [6.45, 7) is 0. The number of nitrogens with one attached hydrogen (secondary N) is 1. The molecule has 18 heavy (non-hydrogen) atoms. The highest BCUT2D eigenvalue weighted by Crippen LogP contribution is 2.29. The SMILES string of the molecule is O=S([O-])NC(C1=COC=CO1)C1=C(Cl)C=CCC1. The molecule has 1 aliphatic carbocycles. The summed E-state index contributed by atoms with van der Waals surface area (Å²) in [6.07, 6.45) is 9.19. The molecular weight excluding hydrogens is 278 g/mol. The number of rotatable bonds is 4. The Balaban J connectivity index is 2.27. The fourth-order valence-electron chi connectivity index (χ4n) is 1.74. The molecule has 2 rings (SSSR count). The van der Waals surface area contributed by atoms with Gasteiger partial charge >= 0.3 is 0 Å². The third-order valence-corrected chi connectivity index (χ3v) is 3.32. The molecule has 7 heteroatoms. The van der Waals surface area contributed by atoms with Crippen molar-refractivity contribution in [1.29, 1.82) is 0 Å². The van der Waals surface area contributed by atoms with Crippen molar-refractivity contribution < 1.29 is 18.2 Å². The summed E-state index contributed by atoms with van der Waals surface area (Å²) in [5.74, 6) is 0.352. The molecule has 0 aromatic heterocycles. The highest BCUT2D eigenvalue weighted by Gasteiger charge is 2.25. The highest BCUT2D eigenvalue weighted by molar-refractivity contribution is 7.77. The summed E-state index contributed by atoms with van der Waals surface area (Å²) in [5.41, 5.74) is 0.758. The zero-order chi connectivity index (χ0) is 13.0. The molecule has 5 nitrogen and oxygen atoms in total. The Morgan fingerprint density at radius 3 is 2.94 bits per heavy atom. The largest absolute Gasteiger partial charge is 0.760 e. The lowest BCUT2D eigenvalue weighted by molar-refractivity contribution is 0.238. The van der Waals surface area contributed by atoms with Crippen molar-refractivity contribution >= 4 is 22.9 Å². The first-order valence-corrected chi connectivity index (χ1v) is 6.71. The Bertz CT molecular complexity index is 470. The molecule has 0 spiro atoms. The van der Waals surface area contributed by atoms with Gasteiger partial charge in [-0.3, -0.25) is 4.21 Å². The fraction of sp³-hybridized carbons (Fsp3) is 0.273. The summed E-state index contributed by atoms with van der Waals surface area (Å²) < 4.78 is 34.3. The van der Waals surface area contributed by atoms with E-state index in [2.05, 4.69) is 4.72 Å². The second-order valence-electron chi connectivity index (χ2n) is 3.65. The van der Waals surface area contributed by atoms with Crippen LogP contribution >= 0.6 is 11.6 Å². The van der Waals surface area contributed by atoms with E-state index >= 15 is 0 Å². The van der Waals surface area contributed by atoms with Crippen molar-refractivity contribution in [1.82, 2.24) is 4.72 Å². The highest BCUT2D eigenvalue weighted by atomic mass is 35.5. The van der Waals surface area contributed by atoms with E-state index in [-0.39, 0.29) is 0 Å². The van der Waals surface area contributed by atoms with Gasteiger partial charge in [0.25, 0.3) is 0 Å². The Hall–Kier alpha value is -1.08. The zero-order valence-electron chi connectivity index (χ0n) is 9.30. The maximum absolute atomic E-state index is 10.9. The van der Waals surface area contributed by atoms with Crippen LogP contribution in [0.4, 0.5) is 0 Å². The molecule has 1 heterocycles. The van der Waals surface area contributed by atoms with E-state index in [0.29, 0.717) is 17.2 Å². The van der Waals surface area contributed by atoms with Gasteiger partial charge in [0.1, 0.15) is 24.8 Å². The average molecular weight is 289 g/mol. The van der Waals surface area contributed by atoms with E-state index in [1.165, 1.54) is 18.8 Å². The van der Waals surface area contributed by atoms with Crippen LogP contribution in [0, 0.1) is 0 Å². The second kappa shape index (κ2) is 6.19. The number of allylic oxidation sites excluding steroid dienone is 3. The summed E-state index contributed by atoms with van der Waals surface area (Å²) >= 11 is 3.66. The molecule has 98 valence electrons. The first-order valence-electron chi connectivity index (χ1n) is 5.26. The van der Waals surface area contributed by atoms with Gasteiger partial charge in [-0.05, 0) is 24.5 Å². The van der Waals surface area contributed by atoms with E-state index in [9.17, 15) is 8.76 Å². The third-order valence-electron chi connectivity index (χ3n) is 2.52. The van der Waals surface area contributed by atoms with E-state index < -0.39 is 17.3 Å². The van der Waals surface area contributed by atoms with Gasteiger partial charge in [-0.25, -0.2) is 4.72 Å². The van der Waals surface area contributed by atoms with Crippen LogP contribution in [0.15, 0.2) is 47.3 Å². The van der Waals surface area contributed by atoms with Crippen LogP contribution in [0.1, 0.15) is 12.8 Å². The average Bonchev–Trinajstić information content (AvgIpc) is 2.38. The Morgan fingerprint density at radius 1 is 1.50 bits per heavy atom. The monoisotopic (exact) mass is 288 g/mol. The van der Waals surface area contributed by atoms with Crippen LogP contribution in [0.2, 0.25) is 0 Å².